The van der Waals surface area contributed by atoms with Crippen molar-refractivity contribution in [3.05, 3.63) is 10.4 Å². The quantitative estimate of drug-likeness (QED) is 0.385. The van der Waals surface area contributed by atoms with Gasteiger partial charge in [0.25, 0.3) is 0 Å². The van der Waals surface area contributed by atoms with E-state index in [-0.39, 0.29) is 18.0 Å². The summed E-state index contributed by atoms with van der Waals surface area (Å²) < 4.78 is 0. The van der Waals surface area contributed by atoms with Gasteiger partial charge in [-0.15, -0.1) is 0 Å². The lowest BCUT2D eigenvalue weighted by molar-refractivity contribution is -0.122. The first-order chi connectivity index (χ1) is 6.79. The SMILES string of the molecule is [N-]=[N+]=NC1CN[C@H](C(=O)NC2CC2)C1. The van der Waals surface area contributed by atoms with Crippen LogP contribution in [-0.2, 0) is 4.79 Å². The van der Waals surface area contributed by atoms with Crippen molar-refractivity contribution >= 4 is 5.91 Å². The van der Waals surface area contributed by atoms with Crippen LogP contribution < -0.4 is 10.6 Å². The van der Waals surface area contributed by atoms with Gasteiger partial charge in [0, 0.05) is 17.5 Å². The summed E-state index contributed by atoms with van der Waals surface area (Å²) in [5.74, 6) is 0.0446. The lowest BCUT2D eigenvalue weighted by Crippen LogP contribution is -2.41. The predicted molar refractivity (Wildman–Crippen MR) is 50.5 cm³/mol. The van der Waals surface area contributed by atoms with E-state index in [1.54, 1.807) is 0 Å². The molecule has 0 bridgehead atoms. The van der Waals surface area contributed by atoms with Crippen LogP contribution in [0.3, 0.4) is 0 Å². The monoisotopic (exact) mass is 195 g/mol. The van der Waals surface area contributed by atoms with Gasteiger partial charge in [-0.05, 0) is 24.8 Å². The molecule has 1 amide bonds. The second kappa shape index (κ2) is 3.86. The number of hydrogen-bond acceptors (Lipinski definition) is 3. The third-order valence-corrected chi connectivity index (χ3v) is 2.56. The highest BCUT2D eigenvalue weighted by atomic mass is 16.2. The van der Waals surface area contributed by atoms with Gasteiger partial charge in [-0.2, -0.15) is 0 Å². The second-order valence-electron chi connectivity index (χ2n) is 3.84. The van der Waals surface area contributed by atoms with Crippen molar-refractivity contribution in [1.82, 2.24) is 10.6 Å². The molecule has 6 nitrogen and oxygen atoms in total. The summed E-state index contributed by atoms with van der Waals surface area (Å²) in [4.78, 5) is 14.3. The fourth-order valence-corrected chi connectivity index (χ4v) is 1.61. The fraction of sp³-hybridized carbons (Fsp3) is 0.875. The van der Waals surface area contributed by atoms with Crippen molar-refractivity contribution < 1.29 is 4.79 Å². The summed E-state index contributed by atoms with van der Waals surface area (Å²) in [5, 5.41) is 9.56. The summed E-state index contributed by atoms with van der Waals surface area (Å²) in [6.07, 6.45) is 2.80. The number of azide groups is 1. The Morgan fingerprint density at radius 2 is 2.36 bits per heavy atom. The molecule has 76 valence electrons. The smallest absolute Gasteiger partial charge is 0.237 e. The topological polar surface area (TPSA) is 89.9 Å². The third kappa shape index (κ3) is 2.16. The van der Waals surface area contributed by atoms with Gasteiger partial charge in [-0.1, -0.05) is 5.11 Å². The van der Waals surface area contributed by atoms with E-state index in [0.29, 0.717) is 19.0 Å². The van der Waals surface area contributed by atoms with E-state index >= 15 is 0 Å². The Kier molecular flexibility index (Phi) is 2.56. The lowest BCUT2D eigenvalue weighted by atomic mass is 10.2. The molecule has 1 unspecified atom stereocenters. The zero-order valence-electron chi connectivity index (χ0n) is 7.81. The van der Waals surface area contributed by atoms with Crippen molar-refractivity contribution in [2.24, 2.45) is 5.11 Å². The van der Waals surface area contributed by atoms with Gasteiger partial charge < -0.3 is 10.6 Å². The van der Waals surface area contributed by atoms with Crippen molar-refractivity contribution in [1.29, 1.82) is 0 Å². The fourth-order valence-electron chi connectivity index (χ4n) is 1.61. The Hall–Kier alpha value is -1.26. The molecule has 2 atom stereocenters. The maximum absolute atomic E-state index is 11.5. The van der Waals surface area contributed by atoms with Crippen LogP contribution in [0.1, 0.15) is 19.3 Å². The third-order valence-electron chi connectivity index (χ3n) is 2.56. The van der Waals surface area contributed by atoms with Crippen LogP contribution in [0.2, 0.25) is 0 Å². The lowest BCUT2D eigenvalue weighted by Gasteiger charge is -2.09. The van der Waals surface area contributed by atoms with E-state index in [9.17, 15) is 4.79 Å². The number of carbonyl (C=O) groups is 1. The van der Waals surface area contributed by atoms with Gasteiger partial charge in [0.15, 0.2) is 0 Å². The van der Waals surface area contributed by atoms with Gasteiger partial charge >= 0.3 is 0 Å². The molecular weight excluding hydrogens is 182 g/mol. The summed E-state index contributed by atoms with van der Waals surface area (Å²) >= 11 is 0. The van der Waals surface area contributed by atoms with Crippen molar-refractivity contribution in [3.8, 4) is 0 Å². The summed E-state index contributed by atoms with van der Waals surface area (Å²) in [6.45, 7) is 0.604. The number of rotatable bonds is 3. The zero-order chi connectivity index (χ0) is 9.97. The number of nitrogens with one attached hydrogen (secondary N) is 2. The highest BCUT2D eigenvalue weighted by Gasteiger charge is 2.32. The van der Waals surface area contributed by atoms with Gasteiger partial charge in [0.05, 0.1) is 12.1 Å². The molecule has 1 heterocycles. The molecule has 2 N–H and O–H groups in total. The first-order valence-electron chi connectivity index (χ1n) is 4.87. The maximum Gasteiger partial charge on any atom is 0.237 e. The predicted octanol–water partition coefficient (Wildman–Crippen LogP) is 0.306. The van der Waals surface area contributed by atoms with E-state index < -0.39 is 0 Å². The molecule has 0 aromatic carbocycles. The molecule has 1 saturated heterocycles. The molecular formula is C8H13N5O. The molecule has 0 aromatic rings. The van der Waals surface area contributed by atoms with E-state index in [1.165, 1.54) is 0 Å². The minimum atomic E-state index is -0.175. The second-order valence-corrected chi connectivity index (χ2v) is 3.84. The standard InChI is InChI=1S/C8H13N5O/c9-13-12-6-3-7(10-4-6)8(14)11-5-1-2-5/h5-7,10H,1-4H2,(H,11,14)/t6?,7-/m0/s1. The molecule has 2 aliphatic rings. The average molecular weight is 195 g/mol. The largest absolute Gasteiger partial charge is 0.352 e. The number of hydrogen-bond donors (Lipinski definition) is 2. The normalized spacial score (nSPS) is 30.9. The molecule has 2 fully saturated rings. The van der Waals surface area contributed by atoms with Gasteiger partial charge in [-0.3, -0.25) is 4.79 Å². The average Bonchev–Trinajstić information content (AvgIpc) is 2.83. The number of carbonyl (C=O) groups excluding carboxylic acids is 1. The first-order valence-corrected chi connectivity index (χ1v) is 4.87. The first kappa shape index (κ1) is 9.30. The number of amides is 1. The van der Waals surface area contributed by atoms with E-state index in [2.05, 4.69) is 20.7 Å². The molecule has 6 heteroatoms. The molecule has 2 rings (SSSR count). The Labute approximate surface area is 81.7 Å². The van der Waals surface area contributed by atoms with E-state index in [4.69, 9.17) is 5.53 Å². The highest BCUT2D eigenvalue weighted by molar-refractivity contribution is 5.82. The van der Waals surface area contributed by atoms with Crippen molar-refractivity contribution in [2.45, 2.75) is 37.4 Å². The van der Waals surface area contributed by atoms with Crippen LogP contribution in [0.15, 0.2) is 5.11 Å². The molecule has 1 saturated carbocycles. The molecule has 1 aliphatic carbocycles. The molecule has 0 radical (unpaired) electrons. The summed E-state index contributed by atoms with van der Waals surface area (Å²) in [5.41, 5.74) is 8.24. The molecule has 0 spiro atoms. The molecule has 14 heavy (non-hydrogen) atoms. The minimum Gasteiger partial charge on any atom is -0.352 e. The Balaban J connectivity index is 1.81. The molecule has 0 aromatic heterocycles. The van der Waals surface area contributed by atoms with Crippen LogP contribution in [0.4, 0.5) is 0 Å². The van der Waals surface area contributed by atoms with Crippen molar-refractivity contribution in [2.75, 3.05) is 6.54 Å². The van der Waals surface area contributed by atoms with Crippen molar-refractivity contribution in [3.63, 3.8) is 0 Å². The summed E-state index contributed by atoms with van der Waals surface area (Å²) in [7, 11) is 0. The van der Waals surface area contributed by atoms with Crippen LogP contribution >= 0.6 is 0 Å². The maximum atomic E-state index is 11.5. The van der Waals surface area contributed by atoms with Crippen LogP contribution in [0, 0.1) is 0 Å². The van der Waals surface area contributed by atoms with Gasteiger partial charge in [0.1, 0.15) is 0 Å². The minimum absolute atomic E-state index is 0.0446. The van der Waals surface area contributed by atoms with Gasteiger partial charge in [0.2, 0.25) is 5.91 Å². The van der Waals surface area contributed by atoms with Crippen LogP contribution in [-0.4, -0.2) is 30.6 Å². The van der Waals surface area contributed by atoms with Crippen LogP contribution in [0.25, 0.3) is 10.4 Å². The Morgan fingerprint density at radius 3 is 3.00 bits per heavy atom. The Morgan fingerprint density at radius 1 is 1.57 bits per heavy atom. The molecule has 1 aliphatic heterocycles. The van der Waals surface area contributed by atoms with Crippen LogP contribution in [0.5, 0.6) is 0 Å². The Bertz CT molecular complexity index is 281. The highest BCUT2D eigenvalue weighted by Crippen LogP contribution is 2.19. The zero-order valence-corrected chi connectivity index (χ0v) is 7.81. The summed E-state index contributed by atoms with van der Waals surface area (Å²) in [6, 6.07) is 0.142. The van der Waals surface area contributed by atoms with E-state index in [0.717, 1.165) is 12.8 Å². The van der Waals surface area contributed by atoms with E-state index in [1.807, 2.05) is 0 Å². The van der Waals surface area contributed by atoms with Gasteiger partial charge in [-0.25, -0.2) is 0 Å². The number of nitrogens with zero attached hydrogens (tertiary/aromatic N) is 3.